The average molecular weight is 1150 g/mol. The van der Waals surface area contributed by atoms with E-state index in [2.05, 4.69) is 37.3 Å². The van der Waals surface area contributed by atoms with Crippen LogP contribution in [-0.4, -0.2) is 170 Å². The second kappa shape index (κ2) is 37.2. The molecule has 2 aliphatic rings. The van der Waals surface area contributed by atoms with Crippen LogP contribution >= 0.6 is 0 Å². The number of hydrogen-bond donors (Lipinski definition) is 9. The molecule has 0 amide bonds. The summed E-state index contributed by atoms with van der Waals surface area (Å²) in [6.07, 6.45) is 17.0. The Morgan fingerprint density at radius 2 is 0.963 bits per heavy atom. The Hall–Kier alpha value is -6.10. The van der Waals surface area contributed by atoms with Crippen LogP contribution in [0.3, 0.4) is 0 Å². The van der Waals surface area contributed by atoms with Gasteiger partial charge in [0.1, 0.15) is 62.2 Å². The quantitative estimate of drug-likeness (QED) is 0.0141. The number of ketones is 2. The summed E-state index contributed by atoms with van der Waals surface area (Å²) in [7, 11) is 1.59. The number of rotatable bonds is 31. The molecule has 10 atom stereocenters. The van der Waals surface area contributed by atoms with Crippen LogP contribution in [0.2, 0.25) is 0 Å². The van der Waals surface area contributed by atoms with E-state index >= 15 is 0 Å². The highest BCUT2D eigenvalue weighted by Gasteiger charge is 2.41. The molecule has 0 fully saturated rings. The van der Waals surface area contributed by atoms with Gasteiger partial charge in [-0.3, -0.25) is 24.0 Å². The first-order chi connectivity index (χ1) is 38.4. The Balaban J connectivity index is 0.00000159. The molecule has 0 saturated carbocycles. The lowest BCUT2D eigenvalue weighted by molar-refractivity contribution is -0.159. The van der Waals surface area contributed by atoms with Gasteiger partial charge < -0.3 is 69.7 Å². The standard InChI is InChI=1S/C53H72O11.C10H18O8/c1-13-40(50(60)51(61)43(55)32-54)33-63-46(56)28-29-47(57)64-45-31-53(10,11)42(39(7)49(45)59)27-25-37(5)23-17-21-35(3)19-15-14-18-34(2)20-16-22-36(4)24-26-41-38(6)48(58)44(62-12)30-52(41,8)9;11-3-1-2-8(15)18-5-7(14)10(17)9(16)6(13)4-12/h13-27,40,43-45,50-51,54-55,60-61H,1,28-33H2,2-12H3;3,6-7,9-10,12-14,16-17H,1-2,4-5H2/b15-14+,20-16+,21-17+,26-24+,27-25+,34-18+,35-19+,36-22+,37-23+;. The number of esters is 3. The van der Waals surface area contributed by atoms with Crippen molar-refractivity contribution in [3.8, 4) is 0 Å². The molecule has 82 heavy (non-hydrogen) atoms. The average Bonchev–Trinajstić information content (AvgIpc) is 3.43. The normalized spacial score (nSPS) is 21.3. The molecule has 19 heteroatoms. The van der Waals surface area contributed by atoms with Crippen LogP contribution in [0.5, 0.6) is 0 Å². The zero-order valence-electron chi connectivity index (χ0n) is 49.4. The van der Waals surface area contributed by atoms with Crippen molar-refractivity contribution in [3.63, 3.8) is 0 Å². The van der Waals surface area contributed by atoms with Gasteiger partial charge in [0.05, 0.1) is 38.6 Å². The van der Waals surface area contributed by atoms with E-state index in [4.69, 9.17) is 29.5 Å². The zero-order chi connectivity index (χ0) is 62.5. The predicted molar refractivity (Wildman–Crippen MR) is 310 cm³/mol. The van der Waals surface area contributed by atoms with Crippen molar-refractivity contribution in [3.05, 3.63) is 142 Å². The predicted octanol–water partition coefficient (Wildman–Crippen LogP) is 5.26. The molecule has 10 unspecified atom stereocenters. The number of allylic oxidation sites excluding steroid dienone is 20. The van der Waals surface area contributed by atoms with Gasteiger partial charge in [0.15, 0.2) is 17.7 Å². The highest BCUT2D eigenvalue weighted by Crippen LogP contribution is 2.42. The molecule has 9 N–H and O–H groups in total. The first-order valence-corrected chi connectivity index (χ1v) is 27.1. The van der Waals surface area contributed by atoms with Gasteiger partial charge in [-0.25, -0.2) is 0 Å². The van der Waals surface area contributed by atoms with Crippen LogP contribution in [0.15, 0.2) is 142 Å². The van der Waals surface area contributed by atoms with Gasteiger partial charge in [0.25, 0.3) is 0 Å². The van der Waals surface area contributed by atoms with E-state index in [1.54, 1.807) is 14.0 Å². The maximum Gasteiger partial charge on any atom is 0.307 e. The molecule has 2 aliphatic carbocycles. The van der Waals surface area contributed by atoms with Gasteiger partial charge in [0.2, 0.25) is 0 Å². The first-order valence-electron chi connectivity index (χ1n) is 27.1. The maximum atomic E-state index is 13.3. The fraction of sp³-hybridized carbons (Fsp3) is 0.524. The fourth-order valence-electron chi connectivity index (χ4n) is 8.52. The van der Waals surface area contributed by atoms with E-state index < -0.39 is 97.9 Å². The molecule has 19 nitrogen and oxygen atoms in total. The van der Waals surface area contributed by atoms with Gasteiger partial charge >= 0.3 is 17.9 Å². The number of carbonyl (C=O) groups is 6. The Morgan fingerprint density at radius 3 is 1.41 bits per heavy atom. The molecular weight excluding hydrogens is 1060 g/mol. The molecule has 0 saturated heterocycles. The Morgan fingerprint density at radius 1 is 0.573 bits per heavy atom. The van der Waals surface area contributed by atoms with Crippen molar-refractivity contribution in [2.45, 2.75) is 163 Å². The summed E-state index contributed by atoms with van der Waals surface area (Å²) in [5, 5.41) is 84.2. The first kappa shape index (κ1) is 73.9. The molecule has 0 aromatic carbocycles. The second-order valence-electron chi connectivity index (χ2n) is 21.6. The Labute approximate surface area is 483 Å². The van der Waals surface area contributed by atoms with Crippen LogP contribution in [-0.2, 0) is 47.7 Å². The van der Waals surface area contributed by atoms with Crippen LogP contribution < -0.4 is 0 Å². The lowest BCUT2D eigenvalue weighted by Crippen LogP contribution is -2.47. The van der Waals surface area contributed by atoms with Crippen molar-refractivity contribution in [2.75, 3.05) is 33.5 Å². The van der Waals surface area contributed by atoms with E-state index in [9.17, 15) is 59.4 Å². The van der Waals surface area contributed by atoms with E-state index in [0.29, 0.717) is 18.3 Å². The third-order valence-corrected chi connectivity index (χ3v) is 13.7. The van der Waals surface area contributed by atoms with Crippen LogP contribution in [0.1, 0.15) is 108 Å². The lowest BCUT2D eigenvalue weighted by Gasteiger charge is -2.36. The van der Waals surface area contributed by atoms with Gasteiger partial charge in [-0.15, -0.1) is 6.58 Å². The fourth-order valence-corrected chi connectivity index (χ4v) is 8.52. The van der Waals surface area contributed by atoms with Gasteiger partial charge in [0, 0.05) is 25.9 Å². The number of ether oxygens (including phenoxy) is 4. The summed E-state index contributed by atoms with van der Waals surface area (Å²) in [6.45, 7) is 20.9. The molecule has 0 aliphatic heterocycles. The maximum absolute atomic E-state index is 13.3. The molecule has 456 valence electrons. The minimum Gasteiger partial charge on any atom is -0.465 e. The van der Waals surface area contributed by atoms with Crippen molar-refractivity contribution in [2.24, 2.45) is 16.7 Å². The molecular formula is C63H90O19. The second-order valence-corrected chi connectivity index (χ2v) is 21.6. The number of aliphatic hydroxyl groups is 9. The van der Waals surface area contributed by atoms with Crippen molar-refractivity contribution in [1.29, 1.82) is 0 Å². The third-order valence-electron chi connectivity index (χ3n) is 13.7. The highest BCUT2D eigenvalue weighted by atomic mass is 16.6. The lowest BCUT2D eigenvalue weighted by atomic mass is 9.71. The van der Waals surface area contributed by atoms with E-state index in [0.717, 1.165) is 39.0 Å². The molecule has 0 spiro atoms. The molecule has 2 rings (SSSR count). The van der Waals surface area contributed by atoms with Gasteiger partial charge in [-0.1, -0.05) is 141 Å². The summed E-state index contributed by atoms with van der Waals surface area (Å²) < 4.78 is 20.6. The molecule has 0 aromatic heterocycles. The largest absolute Gasteiger partial charge is 0.465 e. The van der Waals surface area contributed by atoms with Crippen LogP contribution in [0.4, 0.5) is 0 Å². The van der Waals surface area contributed by atoms with Crippen molar-refractivity contribution < 1.29 is 93.7 Å². The minimum atomic E-state index is -1.77. The van der Waals surface area contributed by atoms with E-state index in [1.807, 2.05) is 121 Å². The summed E-state index contributed by atoms with van der Waals surface area (Å²) >= 11 is 0. The summed E-state index contributed by atoms with van der Waals surface area (Å²) in [5.74, 6) is -3.41. The highest BCUT2D eigenvalue weighted by molar-refractivity contribution is 6.02. The number of aliphatic hydroxyl groups excluding tert-OH is 9. The Bertz CT molecular complexity index is 2510. The summed E-state index contributed by atoms with van der Waals surface area (Å²) in [6, 6.07) is 0. The minimum absolute atomic E-state index is 0.0106. The third kappa shape index (κ3) is 25.6. The van der Waals surface area contributed by atoms with Gasteiger partial charge in [-0.2, -0.15) is 0 Å². The summed E-state index contributed by atoms with van der Waals surface area (Å²) in [5.41, 5.74) is 6.71. The van der Waals surface area contributed by atoms with Crippen molar-refractivity contribution in [1.82, 2.24) is 0 Å². The summed E-state index contributed by atoms with van der Waals surface area (Å²) in [4.78, 5) is 71.9. The Kier molecular flexibility index (Phi) is 33.5. The number of Topliss-reactive ketones (excluding diaryl/α,β-unsaturated/α-hetero) is 2. The number of aldehydes is 1. The number of hydrogen-bond acceptors (Lipinski definition) is 19. The van der Waals surface area contributed by atoms with Crippen molar-refractivity contribution >= 4 is 35.8 Å². The van der Waals surface area contributed by atoms with Gasteiger partial charge in [-0.05, 0) is 81.1 Å². The number of methoxy groups -OCH3 is 1. The topological polar surface area (TPSA) is 321 Å². The SMILES string of the molecule is C=CC(COC(=O)CCC(=O)OC1CC(C)(C)C(/C=C/C(C)=C/C=C/C(C)=C/C=C/C=C(C)/C=C/C=C(C)/C=C/C2=C(C)C(=O)C(OC)CC2(C)C)=C(C)C1=O)C(O)C(O)C(O)CO.O=CCCC(=O)OCC(O)C(O)C(O)C(O)CO. The zero-order valence-corrected chi connectivity index (χ0v) is 49.4. The smallest absolute Gasteiger partial charge is 0.307 e. The van der Waals surface area contributed by atoms with E-state index in [1.165, 1.54) is 6.08 Å². The van der Waals surface area contributed by atoms with Crippen LogP contribution in [0.25, 0.3) is 0 Å². The molecule has 0 bridgehead atoms. The molecule has 0 radical (unpaired) electrons. The monoisotopic (exact) mass is 1150 g/mol. The molecule has 0 aromatic rings. The molecule has 0 heterocycles. The van der Waals surface area contributed by atoms with E-state index in [-0.39, 0.29) is 61.8 Å². The number of carbonyl (C=O) groups excluding carboxylic acids is 6. The van der Waals surface area contributed by atoms with Crippen LogP contribution in [0, 0.1) is 16.7 Å².